The molecule has 4 nitrogen and oxygen atoms in total. The van der Waals surface area contributed by atoms with E-state index in [1.807, 2.05) is 12.1 Å². The van der Waals surface area contributed by atoms with Gasteiger partial charge in [0.15, 0.2) is 11.5 Å². The van der Waals surface area contributed by atoms with Gasteiger partial charge in [-0.2, -0.15) is 10.5 Å². The molecule has 0 saturated carbocycles. The fraction of sp³-hybridized carbons (Fsp3) is 0. The average molecular weight is 519 g/mol. The second-order valence-electron chi connectivity index (χ2n) is 5.67. The van der Waals surface area contributed by atoms with Gasteiger partial charge in [0.1, 0.15) is 23.6 Å². The van der Waals surface area contributed by atoms with E-state index in [9.17, 15) is 10.5 Å². The van der Waals surface area contributed by atoms with Crippen molar-refractivity contribution >= 4 is 69.6 Å². The third-order valence-corrected chi connectivity index (χ3v) is 5.75. The van der Waals surface area contributed by atoms with Crippen molar-refractivity contribution < 1.29 is 9.47 Å². The molecule has 0 heterocycles. The molecule has 0 radical (unpaired) electrons. The summed E-state index contributed by atoms with van der Waals surface area (Å²) in [6.45, 7) is 0. The highest BCUT2D eigenvalue weighted by molar-refractivity contribution is 6.44. The van der Waals surface area contributed by atoms with Crippen LogP contribution in [0.3, 0.4) is 0 Å². The maximum absolute atomic E-state index is 9.35. The molecule has 0 aromatic heterocycles. The molecule has 3 aromatic carbocycles. The van der Waals surface area contributed by atoms with Crippen LogP contribution >= 0.6 is 69.6 Å². The van der Waals surface area contributed by atoms with Crippen LogP contribution in [0, 0.1) is 22.7 Å². The molecule has 10 heteroatoms. The van der Waals surface area contributed by atoms with Gasteiger partial charge in [0, 0.05) is 24.3 Å². The molecule has 0 aliphatic heterocycles. The molecule has 0 aliphatic rings. The van der Waals surface area contributed by atoms with Crippen LogP contribution in [-0.4, -0.2) is 0 Å². The summed E-state index contributed by atoms with van der Waals surface area (Å²) in [4.78, 5) is 0. The van der Waals surface area contributed by atoms with Crippen LogP contribution in [0.1, 0.15) is 11.1 Å². The molecule has 150 valence electrons. The van der Waals surface area contributed by atoms with Gasteiger partial charge in [-0.05, 0) is 12.1 Å². The normalized spacial score (nSPS) is 10.3. The molecule has 0 aliphatic carbocycles. The Kier molecular flexibility index (Phi) is 7.11. The van der Waals surface area contributed by atoms with Gasteiger partial charge in [-0.25, -0.2) is 0 Å². The van der Waals surface area contributed by atoms with Gasteiger partial charge in [0.2, 0.25) is 0 Å². The Morgan fingerprint density at radius 3 is 1.13 bits per heavy atom. The minimum Gasteiger partial charge on any atom is -0.452 e. The smallest absolute Gasteiger partial charge is 0.171 e. The summed E-state index contributed by atoms with van der Waals surface area (Å²) < 4.78 is 11.6. The van der Waals surface area contributed by atoms with E-state index in [1.165, 1.54) is 36.4 Å². The minimum absolute atomic E-state index is 0.0660. The number of hydrogen-bond acceptors (Lipinski definition) is 4. The molecule has 0 amide bonds. The van der Waals surface area contributed by atoms with Crippen molar-refractivity contribution in [2.75, 3.05) is 0 Å². The zero-order chi connectivity index (χ0) is 22.0. The van der Waals surface area contributed by atoms with Crippen LogP contribution in [0.4, 0.5) is 0 Å². The first-order valence-corrected chi connectivity index (χ1v) is 10.1. The summed E-state index contributed by atoms with van der Waals surface area (Å²) in [6, 6.07) is 12.1. The number of halogens is 6. The molecular weight excluding hydrogens is 513 g/mol. The third kappa shape index (κ3) is 4.82. The molecule has 3 aromatic rings. The SMILES string of the molecule is N#Cc1cc(Oc2cc(Cl)c(Cl)cc2Cl)c(Oc2cc(Cl)c(Cl)cc2Cl)cc1C#N. The summed E-state index contributed by atoms with van der Waals surface area (Å²) in [5, 5.41) is 19.9. The highest BCUT2D eigenvalue weighted by Gasteiger charge is 2.18. The lowest BCUT2D eigenvalue weighted by Crippen LogP contribution is -1.95. The number of hydrogen-bond donors (Lipinski definition) is 0. The number of nitrogens with zero attached hydrogens (tertiary/aromatic N) is 2. The zero-order valence-corrected chi connectivity index (χ0v) is 19.0. The van der Waals surface area contributed by atoms with Crippen molar-refractivity contribution in [2.45, 2.75) is 0 Å². The number of rotatable bonds is 4. The molecule has 3 rings (SSSR count). The Morgan fingerprint density at radius 1 is 0.467 bits per heavy atom. The first-order valence-electron chi connectivity index (χ1n) is 7.86. The highest BCUT2D eigenvalue weighted by Crippen LogP contribution is 2.43. The van der Waals surface area contributed by atoms with Gasteiger partial charge in [0.25, 0.3) is 0 Å². The Hall–Kier alpha value is -2.02. The van der Waals surface area contributed by atoms with Crippen molar-refractivity contribution in [3.05, 3.63) is 77.7 Å². The first-order chi connectivity index (χ1) is 14.2. The molecule has 0 bridgehead atoms. The Bertz CT molecular complexity index is 1150. The largest absolute Gasteiger partial charge is 0.452 e. The zero-order valence-electron chi connectivity index (χ0n) is 14.4. The molecule has 30 heavy (non-hydrogen) atoms. The van der Waals surface area contributed by atoms with Crippen molar-refractivity contribution in [2.24, 2.45) is 0 Å². The van der Waals surface area contributed by atoms with E-state index in [4.69, 9.17) is 79.1 Å². The highest BCUT2D eigenvalue weighted by atomic mass is 35.5. The van der Waals surface area contributed by atoms with Gasteiger partial charge in [-0.15, -0.1) is 0 Å². The summed E-state index contributed by atoms with van der Waals surface area (Å²) in [5.74, 6) is 0.468. The molecule has 0 fully saturated rings. The van der Waals surface area contributed by atoms with Crippen molar-refractivity contribution in [3.63, 3.8) is 0 Å². The Labute approximate surface area is 201 Å². The maximum Gasteiger partial charge on any atom is 0.171 e. The predicted octanol–water partition coefficient (Wildman–Crippen LogP) is 8.93. The number of ether oxygens (including phenoxy) is 2. The minimum atomic E-state index is 0.0660. The van der Waals surface area contributed by atoms with Crippen molar-refractivity contribution in [1.82, 2.24) is 0 Å². The fourth-order valence-electron chi connectivity index (χ4n) is 2.31. The lowest BCUT2D eigenvalue weighted by molar-refractivity contribution is 0.419. The van der Waals surface area contributed by atoms with Gasteiger partial charge in [0.05, 0.1) is 41.3 Å². The van der Waals surface area contributed by atoms with E-state index in [2.05, 4.69) is 0 Å². The van der Waals surface area contributed by atoms with Crippen LogP contribution in [-0.2, 0) is 0 Å². The van der Waals surface area contributed by atoms with Gasteiger partial charge in [-0.1, -0.05) is 69.6 Å². The number of benzene rings is 3. The first kappa shape index (κ1) is 22.7. The summed E-state index contributed by atoms with van der Waals surface area (Å²) >= 11 is 36.3. The lowest BCUT2D eigenvalue weighted by Gasteiger charge is -2.16. The molecule has 0 spiro atoms. The van der Waals surface area contributed by atoms with Crippen molar-refractivity contribution in [1.29, 1.82) is 10.5 Å². The quantitative estimate of drug-likeness (QED) is 0.323. The van der Waals surface area contributed by atoms with Gasteiger partial charge >= 0.3 is 0 Å². The monoisotopic (exact) mass is 516 g/mol. The van der Waals surface area contributed by atoms with Crippen LogP contribution in [0.15, 0.2) is 36.4 Å². The summed E-state index contributed by atoms with van der Waals surface area (Å²) in [5.41, 5.74) is 0.132. The molecule has 0 N–H and O–H groups in total. The fourth-order valence-corrected chi connectivity index (χ4v) is 3.46. The van der Waals surface area contributed by atoms with Crippen molar-refractivity contribution in [3.8, 4) is 35.1 Å². The van der Waals surface area contributed by atoms with Crippen LogP contribution in [0.25, 0.3) is 0 Å². The molecule has 0 atom stereocenters. The second kappa shape index (κ2) is 9.41. The number of nitriles is 2. The van der Waals surface area contributed by atoms with E-state index < -0.39 is 0 Å². The van der Waals surface area contributed by atoms with E-state index in [-0.39, 0.29) is 64.3 Å². The third-order valence-electron chi connectivity index (χ3n) is 3.71. The Balaban J connectivity index is 2.13. The maximum atomic E-state index is 9.35. The van der Waals surface area contributed by atoms with Crippen LogP contribution in [0.2, 0.25) is 30.1 Å². The molecule has 0 unspecified atom stereocenters. The lowest BCUT2D eigenvalue weighted by atomic mass is 10.1. The summed E-state index contributed by atoms with van der Waals surface area (Å²) in [6.07, 6.45) is 0. The van der Waals surface area contributed by atoms with E-state index in [0.717, 1.165) is 0 Å². The van der Waals surface area contributed by atoms with Gasteiger partial charge in [-0.3, -0.25) is 0 Å². The van der Waals surface area contributed by atoms with E-state index >= 15 is 0 Å². The topological polar surface area (TPSA) is 66.0 Å². The predicted molar refractivity (Wildman–Crippen MR) is 119 cm³/mol. The second-order valence-corrected chi connectivity index (χ2v) is 8.11. The molecular formula is C20H6Cl6N2O2. The van der Waals surface area contributed by atoms with Crippen LogP contribution in [0.5, 0.6) is 23.0 Å². The van der Waals surface area contributed by atoms with Gasteiger partial charge < -0.3 is 9.47 Å². The standard InChI is InChI=1S/C20H6Cl6N2O2/c21-11-3-15(25)17(5-13(11)23)29-19-1-9(7-27)10(8-28)2-20(19)30-18-6-14(24)12(22)4-16(18)26/h1-6H. The van der Waals surface area contributed by atoms with Crippen LogP contribution < -0.4 is 9.47 Å². The van der Waals surface area contributed by atoms with E-state index in [1.54, 1.807) is 0 Å². The average Bonchev–Trinajstić information content (AvgIpc) is 2.70. The Morgan fingerprint density at radius 2 is 0.800 bits per heavy atom. The molecule has 0 saturated heterocycles. The van der Waals surface area contributed by atoms with E-state index in [0.29, 0.717) is 0 Å². The summed E-state index contributed by atoms with van der Waals surface area (Å²) in [7, 11) is 0.